The quantitative estimate of drug-likeness (QED) is 0.797. The van der Waals surface area contributed by atoms with Crippen molar-refractivity contribution >= 4 is 17.7 Å². The lowest BCUT2D eigenvalue weighted by Gasteiger charge is -2.23. The fraction of sp³-hybridized carbons (Fsp3) is 0.250. The predicted octanol–water partition coefficient (Wildman–Crippen LogP) is 1.41. The molecule has 0 fully saturated rings. The average Bonchev–Trinajstić information content (AvgIpc) is 2.82. The number of hydrogen-bond acceptors (Lipinski definition) is 6. The van der Waals surface area contributed by atoms with Gasteiger partial charge in [0.2, 0.25) is 5.89 Å². The number of carboxylic acid groups (broad SMARTS) is 1. The summed E-state index contributed by atoms with van der Waals surface area (Å²) >= 11 is 1.13. The van der Waals surface area contributed by atoms with Crippen molar-refractivity contribution in [3.05, 3.63) is 41.8 Å². The molecule has 0 amide bonds. The highest BCUT2D eigenvalue weighted by Crippen LogP contribution is 2.27. The van der Waals surface area contributed by atoms with Crippen LogP contribution >= 0.6 is 11.8 Å². The molecular formula is C12H13N3O3S. The van der Waals surface area contributed by atoms with Crippen LogP contribution in [0.4, 0.5) is 0 Å². The van der Waals surface area contributed by atoms with Crippen molar-refractivity contribution in [1.82, 2.24) is 10.2 Å². The van der Waals surface area contributed by atoms with E-state index >= 15 is 0 Å². The fourth-order valence-corrected chi connectivity index (χ4v) is 2.44. The molecule has 100 valence electrons. The first-order valence-electron chi connectivity index (χ1n) is 5.53. The zero-order valence-corrected chi connectivity index (χ0v) is 11.1. The lowest BCUT2D eigenvalue weighted by atomic mass is 9.93. The summed E-state index contributed by atoms with van der Waals surface area (Å²) in [6, 6.07) is 8.69. The van der Waals surface area contributed by atoms with Crippen LogP contribution < -0.4 is 5.73 Å². The Hall–Kier alpha value is -1.86. The number of nitrogens with zero attached hydrogens (tertiary/aromatic N) is 2. The first-order chi connectivity index (χ1) is 9.02. The summed E-state index contributed by atoms with van der Waals surface area (Å²) in [5.41, 5.74) is 5.05. The summed E-state index contributed by atoms with van der Waals surface area (Å²) in [5, 5.41) is 17.2. The highest BCUT2D eigenvalue weighted by atomic mass is 32.2. The van der Waals surface area contributed by atoms with Crippen LogP contribution in [0.1, 0.15) is 11.5 Å². The number of benzene rings is 1. The molecule has 1 heterocycles. The molecule has 0 saturated carbocycles. The summed E-state index contributed by atoms with van der Waals surface area (Å²) in [4.78, 5) is 11.4. The van der Waals surface area contributed by atoms with Gasteiger partial charge in [0.25, 0.3) is 5.22 Å². The topological polar surface area (TPSA) is 102 Å². The maximum atomic E-state index is 11.4. The minimum absolute atomic E-state index is 0.105. The van der Waals surface area contributed by atoms with Gasteiger partial charge in [-0.3, -0.25) is 0 Å². The predicted molar refractivity (Wildman–Crippen MR) is 69.7 cm³/mol. The Bertz CT molecular complexity index is 573. The highest BCUT2D eigenvalue weighted by Gasteiger charge is 2.36. The third kappa shape index (κ3) is 2.94. The number of aliphatic carboxylic acids is 1. The van der Waals surface area contributed by atoms with Crippen LogP contribution in [-0.2, 0) is 10.3 Å². The Kier molecular flexibility index (Phi) is 3.87. The van der Waals surface area contributed by atoms with Gasteiger partial charge in [0.1, 0.15) is 5.54 Å². The normalized spacial score (nSPS) is 14.0. The molecule has 1 unspecified atom stereocenters. The maximum Gasteiger partial charge on any atom is 0.329 e. The lowest BCUT2D eigenvalue weighted by molar-refractivity contribution is -0.142. The van der Waals surface area contributed by atoms with Crippen LogP contribution in [0, 0.1) is 6.92 Å². The number of thioether (sulfide) groups is 1. The van der Waals surface area contributed by atoms with Crippen LogP contribution in [0.5, 0.6) is 0 Å². The SMILES string of the molecule is Cc1nnc(SCC(N)(C(=O)O)c2ccccc2)o1. The van der Waals surface area contributed by atoms with Crippen molar-refractivity contribution < 1.29 is 14.3 Å². The second kappa shape index (κ2) is 5.41. The van der Waals surface area contributed by atoms with Crippen molar-refractivity contribution in [1.29, 1.82) is 0 Å². The smallest absolute Gasteiger partial charge is 0.329 e. The van der Waals surface area contributed by atoms with E-state index in [4.69, 9.17) is 10.2 Å². The van der Waals surface area contributed by atoms with E-state index in [0.717, 1.165) is 11.8 Å². The van der Waals surface area contributed by atoms with E-state index in [2.05, 4.69) is 10.2 Å². The van der Waals surface area contributed by atoms with Gasteiger partial charge < -0.3 is 15.3 Å². The van der Waals surface area contributed by atoms with Gasteiger partial charge in [0, 0.05) is 12.7 Å². The fourth-order valence-electron chi connectivity index (χ4n) is 1.52. The second-order valence-corrected chi connectivity index (χ2v) is 4.94. The summed E-state index contributed by atoms with van der Waals surface area (Å²) in [7, 11) is 0. The summed E-state index contributed by atoms with van der Waals surface area (Å²) in [5.74, 6) is -0.559. The van der Waals surface area contributed by atoms with Crippen molar-refractivity contribution in [3.8, 4) is 0 Å². The Balaban J connectivity index is 2.19. The van der Waals surface area contributed by atoms with E-state index < -0.39 is 11.5 Å². The average molecular weight is 279 g/mol. The van der Waals surface area contributed by atoms with E-state index in [1.54, 1.807) is 37.3 Å². The van der Waals surface area contributed by atoms with Gasteiger partial charge in [-0.1, -0.05) is 42.1 Å². The minimum atomic E-state index is -1.49. The summed E-state index contributed by atoms with van der Waals surface area (Å²) in [6.45, 7) is 1.67. The zero-order valence-electron chi connectivity index (χ0n) is 10.2. The van der Waals surface area contributed by atoms with Crippen LogP contribution in [0.25, 0.3) is 0 Å². The Morgan fingerprint density at radius 2 is 2.11 bits per heavy atom. The molecule has 19 heavy (non-hydrogen) atoms. The monoisotopic (exact) mass is 279 g/mol. The molecule has 1 aromatic carbocycles. The molecule has 0 aliphatic rings. The Morgan fingerprint density at radius 3 is 2.63 bits per heavy atom. The number of nitrogens with two attached hydrogens (primary N) is 1. The van der Waals surface area contributed by atoms with Crippen LogP contribution in [-0.4, -0.2) is 27.0 Å². The number of hydrogen-bond donors (Lipinski definition) is 2. The molecule has 7 heteroatoms. The molecule has 0 aliphatic heterocycles. The molecule has 0 radical (unpaired) electrons. The van der Waals surface area contributed by atoms with Gasteiger partial charge in [0.15, 0.2) is 0 Å². The molecule has 0 aliphatic carbocycles. The standard InChI is InChI=1S/C12H13N3O3S/c1-8-14-15-11(18-8)19-7-12(13,10(16)17)9-5-3-2-4-6-9/h2-6H,7,13H2,1H3,(H,16,17). The third-order valence-electron chi connectivity index (χ3n) is 2.60. The van der Waals surface area contributed by atoms with Gasteiger partial charge in [-0.25, -0.2) is 4.79 Å². The molecule has 3 N–H and O–H groups in total. The molecule has 0 bridgehead atoms. The van der Waals surface area contributed by atoms with Gasteiger partial charge >= 0.3 is 5.97 Å². The van der Waals surface area contributed by atoms with Crippen molar-refractivity contribution in [2.75, 3.05) is 5.75 Å². The molecule has 0 spiro atoms. The largest absolute Gasteiger partial charge is 0.480 e. The molecule has 0 saturated heterocycles. The number of carboxylic acids is 1. The summed E-state index contributed by atoms with van der Waals surface area (Å²) < 4.78 is 5.19. The Labute approximate surface area is 114 Å². The molecular weight excluding hydrogens is 266 g/mol. The van der Waals surface area contributed by atoms with E-state index in [9.17, 15) is 9.90 Å². The molecule has 1 aromatic heterocycles. The first kappa shape index (κ1) is 13.6. The lowest BCUT2D eigenvalue weighted by Crippen LogP contribution is -2.47. The van der Waals surface area contributed by atoms with Crippen LogP contribution in [0.3, 0.4) is 0 Å². The molecule has 6 nitrogen and oxygen atoms in total. The first-order valence-corrected chi connectivity index (χ1v) is 6.51. The van der Waals surface area contributed by atoms with Crippen molar-refractivity contribution in [2.45, 2.75) is 17.7 Å². The van der Waals surface area contributed by atoms with Gasteiger partial charge in [-0.2, -0.15) is 0 Å². The van der Waals surface area contributed by atoms with Gasteiger partial charge in [-0.05, 0) is 5.56 Å². The van der Waals surface area contributed by atoms with E-state index in [1.165, 1.54) is 0 Å². The third-order valence-corrected chi connectivity index (χ3v) is 3.61. The van der Waals surface area contributed by atoms with Crippen molar-refractivity contribution in [2.24, 2.45) is 5.73 Å². The zero-order chi connectivity index (χ0) is 13.9. The van der Waals surface area contributed by atoms with E-state index in [1.807, 2.05) is 0 Å². The Morgan fingerprint density at radius 1 is 1.42 bits per heavy atom. The van der Waals surface area contributed by atoms with Crippen LogP contribution in [0.15, 0.2) is 40.0 Å². The van der Waals surface area contributed by atoms with E-state index in [-0.39, 0.29) is 5.75 Å². The molecule has 2 aromatic rings. The van der Waals surface area contributed by atoms with Crippen LogP contribution in [0.2, 0.25) is 0 Å². The van der Waals surface area contributed by atoms with Crippen molar-refractivity contribution in [3.63, 3.8) is 0 Å². The summed E-state index contributed by atoms with van der Waals surface area (Å²) in [6.07, 6.45) is 0. The highest BCUT2D eigenvalue weighted by molar-refractivity contribution is 7.99. The van der Waals surface area contributed by atoms with Gasteiger partial charge in [-0.15, -0.1) is 10.2 Å². The second-order valence-electron chi connectivity index (χ2n) is 4.02. The maximum absolute atomic E-state index is 11.4. The number of rotatable bonds is 5. The number of aromatic nitrogens is 2. The number of aryl methyl sites for hydroxylation is 1. The molecule has 1 atom stereocenters. The van der Waals surface area contributed by atoms with Gasteiger partial charge in [0.05, 0.1) is 0 Å². The number of carbonyl (C=O) groups is 1. The molecule has 2 rings (SSSR count). The van der Waals surface area contributed by atoms with E-state index in [0.29, 0.717) is 16.7 Å². The minimum Gasteiger partial charge on any atom is -0.480 e.